The minimum atomic E-state index is 0.558. The van der Waals surface area contributed by atoms with Gasteiger partial charge in [-0.15, -0.1) is 11.3 Å². The number of halogens is 1. The molecule has 0 atom stereocenters. The van der Waals surface area contributed by atoms with Crippen LogP contribution in [0.2, 0.25) is 5.02 Å². The lowest BCUT2D eigenvalue weighted by molar-refractivity contribution is 0.354. The highest BCUT2D eigenvalue weighted by Crippen LogP contribution is 2.35. The molecule has 0 radical (unpaired) electrons. The molecule has 0 amide bonds. The highest BCUT2D eigenvalue weighted by molar-refractivity contribution is 7.07. The minimum absolute atomic E-state index is 0.558. The SMILES string of the molecule is COc1cc(CNCCc2cscn2)cc(Cl)c1OC. The molecule has 2 aromatic rings. The molecule has 0 aliphatic heterocycles. The standard InChI is InChI=1S/C14H17ClN2O2S/c1-18-13-6-10(5-12(15)14(13)19-2)7-16-4-3-11-8-20-9-17-11/h5-6,8-9,16H,3-4,7H2,1-2H3. The zero-order valence-electron chi connectivity index (χ0n) is 11.5. The van der Waals surface area contributed by atoms with Crippen LogP contribution in [0.3, 0.4) is 0 Å². The molecule has 0 saturated carbocycles. The van der Waals surface area contributed by atoms with Gasteiger partial charge in [0.2, 0.25) is 0 Å². The molecular weight excluding hydrogens is 296 g/mol. The lowest BCUT2D eigenvalue weighted by Crippen LogP contribution is -2.16. The Morgan fingerprint density at radius 2 is 2.15 bits per heavy atom. The van der Waals surface area contributed by atoms with E-state index in [0.717, 1.165) is 30.8 Å². The summed E-state index contributed by atoms with van der Waals surface area (Å²) >= 11 is 7.78. The monoisotopic (exact) mass is 312 g/mol. The zero-order chi connectivity index (χ0) is 14.4. The van der Waals surface area contributed by atoms with Crippen LogP contribution in [0.1, 0.15) is 11.3 Å². The zero-order valence-corrected chi connectivity index (χ0v) is 13.1. The van der Waals surface area contributed by atoms with Crippen LogP contribution in [0.5, 0.6) is 11.5 Å². The van der Waals surface area contributed by atoms with Crippen LogP contribution in [0.15, 0.2) is 23.0 Å². The summed E-state index contributed by atoms with van der Waals surface area (Å²) < 4.78 is 10.5. The van der Waals surface area contributed by atoms with Crippen LogP contribution in [0.4, 0.5) is 0 Å². The maximum atomic E-state index is 6.17. The molecule has 1 aromatic carbocycles. The summed E-state index contributed by atoms with van der Waals surface area (Å²) in [5, 5.41) is 5.99. The first-order valence-corrected chi connectivity index (χ1v) is 7.55. The van der Waals surface area contributed by atoms with E-state index in [1.165, 1.54) is 0 Å². The van der Waals surface area contributed by atoms with Gasteiger partial charge in [-0.25, -0.2) is 4.98 Å². The van der Waals surface area contributed by atoms with E-state index in [1.807, 2.05) is 17.6 Å². The van der Waals surface area contributed by atoms with Crippen LogP contribution >= 0.6 is 22.9 Å². The van der Waals surface area contributed by atoms with E-state index >= 15 is 0 Å². The molecule has 0 aliphatic carbocycles. The molecule has 0 fully saturated rings. The largest absolute Gasteiger partial charge is 0.493 e. The van der Waals surface area contributed by atoms with Gasteiger partial charge in [-0.05, 0) is 17.7 Å². The van der Waals surface area contributed by atoms with Gasteiger partial charge in [-0.1, -0.05) is 11.6 Å². The molecule has 6 heteroatoms. The van der Waals surface area contributed by atoms with Crippen molar-refractivity contribution in [2.45, 2.75) is 13.0 Å². The van der Waals surface area contributed by atoms with Crippen molar-refractivity contribution in [2.75, 3.05) is 20.8 Å². The molecule has 2 rings (SSSR count). The molecule has 108 valence electrons. The number of hydrogen-bond donors (Lipinski definition) is 1. The average molecular weight is 313 g/mol. The third-order valence-corrected chi connectivity index (χ3v) is 3.78. The molecule has 0 aliphatic rings. The summed E-state index contributed by atoms with van der Waals surface area (Å²) in [6.45, 7) is 1.60. The molecule has 0 saturated heterocycles. The fourth-order valence-corrected chi connectivity index (χ4v) is 2.79. The predicted molar refractivity (Wildman–Crippen MR) is 82.1 cm³/mol. The Morgan fingerprint density at radius 3 is 2.80 bits per heavy atom. The van der Waals surface area contributed by atoms with Gasteiger partial charge in [0.15, 0.2) is 11.5 Å². The van der Waals surface area contributed by atoms with Crippen molar-refractivity contribution >= 4 is 22.9 Å². The molecule has 1 N–H and O–H groups in total. The number of aromatic nitrogens is 1. The Labute approximate surface area is 127 Å². The second kappa shape index (κ2) is 7.47. The number of benzene rings is 1. The summed E-state index contributed by atoms with van der Waals surface area (Å²) in [6.07, 6.45) is 0.921. The van der Waals surface area contributed by atoms with Crippen molar-refractivity contribution < 1.29 is 9.47 Å². The molecule has 0 bridgehead atoms. The van der Waals surface area contributed by atoms with Gasteiger partial charge in [0, 0.05) is 24.9 Å². The molecule has 1 aromatic heterocycles. The van der Waals surface area contributed by atoms with Crippen LogP contribution in [0.25, 0.3) is 0 Å². The number of hydrogen-bond acceptors (Lipinski definition) is 5. The number of ether oxygens (including phenoxy) is 2. The molecule has 0 unspecified atom stereocenters. The van der Waals surface area contributed by atoms with Crippen LogP contribution in [0, 0.1) is 0 Å². The topological polar surface area (TPSA) is 43.4 Å². The van der Waals surface area contributed by atoms with Crippen molar-refractivity contribution in [2.24, 2.45) is 0 Å². The Balaban J connectivity index is 1.91. The maximum absolute atomic E-state index is 6.17. The van der Waals surface area contributed by atoms with Gasteiger partial charge < -0.3 is 14.8 Å². The highest BCUT2D eigenvalue weighted by Gasteiger charge is 2.10. The fraction of sp³-hybridized carbons (Fsp3) is 0.357. The Kier molecular flexibility index (Phi) is 5.64. The van der Waals surface area contributed by atoms with Gasteiger partial charge in [0.25, 0.3) is 0 Å². The third-order valence-electron chi connectivity index (χ3n) is 2.86. The van der Waals surface area contributed by atoms with E-state index in [1.54, 1.807) is 25.6 Å². The molecule has 20 heavy (non-hydrogen) atoms. The van der Waals surface area contributed by atoms with E-state index < -0.39 is 0 Å². The van der Waals surface area contributed by atoms with Crippen molar-refractivity contribution in [1.82, 2.24) is 10.3 Å². The number of nitrogens with one attached hydrogen (secondary N) is 1. The Bertz CT molecular complexity index is 546. The number of methoxy groups -OCH3 is 2. The van der Waals surface area contributed by atoms with Crippen LogP contribution in [-0.2, 0) is 13.0 Å². The number of thiazole rings is 1. The van der Waals surface area contributed by atoms with E-state index in [0.29, 0.717) is 16.5 Å². The molecular formula is C14H17ClN2O2S. The molecule has 4 nitrogen and oxygen atoms in total. The second-order valence-corrected chi connectivity index (χ2v) is 5.35. The van der Waals surface area contributed by atoms with Gasteiger partial charge >= 0.3 is 0 Å². The lowest BCUT2D eigenvalue weighted by atomic mass is 10.2. The summed E-state index contributed by atoms with van der Waals surface area (Å²) in [5.74, 6) is 1.22. The number of rotatable bonds is 7. The minimum Gasteiger partial charge on any atom is -0.493 e. The summed E-state index contributed by atoms with van der Waals surface area (Å²) in [7, 11) is 3.18. The summed E-state index contributed by atoms with van der Waals surface area (Å²) in [4.78, 5) is 4.25. The van der Waals surface area contributed by atoms with Gasteiger partial charge in [0.1, 0.15) is 0 Å². The van der Waals surface area contributed by atoms with Crippen molar-refractivity contribution in [1.29, 1.82) is 0 Å². The summed E-state index contributed by atoms with van der Waals surface area (Å²) in [5.41, 5.74) is 4.03. The van der Waals surface area contributed by atoms with Crippen molar-refractivity contribution in [3.05, 3.63) is 39.3 Å². The first kappa shape index (κ1) is 15.1. The second-order valence-electron chi connectivity index (χ2n) is 4.22. The Hall–Kier alpha value is -1.30. The smallest absolute Gasteiger partial charge is 0.179 e. The summed E-state index contributed by atoms with van der Waals surface area (Å²) in [6, 6.07) is 3.82. The Morgan fingerprint density at radius 1 is 1.30 bits per heavy atom. The normalized spacial score (nSPS) is 10.6. The van der Waals surface area contributed by atoms with Crippen LogP contribution in [-0.4, -0.2) is 25.7 Å². The van der Waals surface area contributed by atoms with E-state index in [9.17, 15) is 0 Å². The number of nitrogens with zero attached hydrogens (tertiary/aromatic N) is 1. The van der Waals surface area contributed by atoms with Gasteiger partial charge in [0.05, 0.1) is 30.4 Å². The first-order chi connectivity index (χ1) is 9.74. The van der Waals surface area contributed by atoms with Crippen LogP contribution < -0.4 is 14.8 Å². The molecule has 0 spiro atoms. The van der Waals surface area contributed by atoms with Crippen molar-refractivity contribution in [3.8, 4) is 11.5 Å². The third kappa shape index (κ3) is 3.85. The quantitative estimate of drug-likeness (QED) is 0.798. The van der Waals surface area contributed by atoms with Gasteiger partial charge in [-0.3, -0.25) is 0 Å². The van der Waals surface area contributed by atoms with E-state index in [-0.39, 0.29) is 0 Å². The first-order valence-electron chi connectivity index (χ1n) is 6.22. The fourth-order valence-electron chi connectivity index (χ4n) is 1.88. The maximum Gasteiger partial charge on any atom is 0.179 e. The predicted octanol–water partition coefficient (Wildman–Crippen LogP) is 3.15. The lowest BCUT2D eigenvalue weighted by Gasteiger charge is -2.12. The van der Waals surface area contributed by atoms with Gasteiger partial charge in [-0.2, -0.15) is 0 Å². The average Bonchev–Trinajstić information content (AvgIpc) is 2.96. The molecule has 1 heterocycles. The van der Waals surface area contributed by atoms with E-state index in [4.69, 9.17) is 21.1 Å². The van der Waals surface area contributed by atoms with Crippen molar-refractivity contribution in [3.63, 3.8) is 0 Å². The van der Waals surface area contributed by atoms with E-state index in [2.05, 4.69) is 15.7 Å². The highest BCUT2D eigenvalue weighted by atomic mass is 35.5.